The Balaban J connectivity index is 1.92. The molecule has 0 bridgehead atoms. The quantitative estimate of drug-likeness (QED) is 0.839. The Morgan fingerprint density at radius 1 is 1.22 bits per heavy atom. The van der Waals surface area contributed by atoms with E-state index in [2.05, 4.69) is 39.0 Å². The van der Waals surface area contributed by atoms with E-state index in [1.165, 1.54) is 0 Å². The van der Waals surface area contributed by atoms with Gasteiger partial charge in [-0.3, -0.25) is 4.98 Å². The van der Waals surface area contributed by atoms with Gasteiger partial charge < -0.3 is 10.6 Å². The van der Waals surface area contributed by atoms with Crippen molar-refractivity contribution in [3.05, 3.63) is 34.5 Å². The lowest BCUT2D eigenvalue weighted by Gasteiger charge is -2.08. The lowest BCUT2D eigenvalue weighted by atomic mass is 10.3. The molecule has 0 atom stereocenters. The van der Waals surface area contributed by atoms with Crippen LogP contribution in [0, 0.1) is 6.92 Å². The molecule has 0 saturated carbocycles. The van der Waals surface area contributed by atoms with E-state index < -0.39 is 0 Å². The van der Waals surface area contributed by atoms with Crippen molar-refractivity contribution in [2.45, 2.75) is 26.8 Å². The lowest BCUT2D eigenvalue weighted by Crippen LogP contribution is -2.03. The van der Waals surface area contributed by atoms with Crippen molar-refractivity contribution in [3.8, 4) is 0 Å². The maximum absolute atomic E-state index is 4.42. The molecule has 5 heteroatoms. The topological polar surface area (TPSA) is 49.8 Å². The number of anilines is 2. The molecule has 0 unspecified atom stereocenters. The molecular weight excluding hydrogens is 244 g/mol. The summed E-state index contributed by atoms with van der Waals surface area (Å²) in [6.45, 7) is 5.87. The smallest absolute Gasteiger partial charge is 0.0898 e. The third-order valence-corrected chi connectivity index (χ3v) is 3.28. The Morgan fingerprint density at radius 2 is 2.00 bits per heavy atom. The summed E-state index contributed by atoms with van der Waals surface area (Å²) in [5, 5.41) is 9.83. The molecule has 96 valence electrons. The van der Waals surface area contributed by atoms with Crippen LogP contribution in [0.5, 0.6) is 0 Å². The zero-order valence-electron chi connectivity index (χ0n) is 10.7. The molecule has 4 nitrogen and oxygen atoms in total. The summed E-state index contributed by atoms with van der Waals surface area (Å²) < 4.78 is 0. The summed E-state index contributed by atoms with van der Waals surface area (Å²) >= 11 is 1.67. The molecule has 0 radical (unpaired) electrons. The number of nitrogens with one attached hydrogen (secondary N) is 2. The fourth-order valence-corrected chi connectivity index (χ4v) is 2.20. The number of hydrogen-bond acceptors (Lipinski definition) is 5. The van der Waals surface area contributed by atoms with E-state index in [1.807, 2.05) is 19.3 Å². The van der Waals surface area contributed by atoms with Gasteiger partial charge in [0.2, 0.25) is 0 Å². The van der Waals surface area contributed by atoms with Gasteiger partial charge in [0.15, 0.2) is 0 Å². The maximum Gasteiger partial charge on any atom is 0.0898 e. The second kappa shape index (κ2) is 6.35. The minimum atomic E-state index is 0.739. The van der Waals surface area contributed by atoms with E-state index in [4.69, 9.17) is 0 Å². The van der Waals surface area contributed by atoms with Gasteiger partial charge in [0.05, 0.1) is 41.0 Å². The van der Waals surface area contributed by atoms with Crippen LogP contribution in [0.3, 0.4) is 0 Å². The van der Waals surface area contributed by atoms with Gasteiger partial charge >= 0.3 is 0 Å². The first-order valence-corrected chi connectivity index (χ1v) is 6.99. The molecule has 2 rings (SSSR count). The second-order valence-corrected chi connectivity index (χ2v) is 5.16. The number of nitrogens with zero attached hydrogens (tertiary/aromatic N) is 2. The van der Waals surface area contributed by atoms with Crippen LogP contribution < -0.4 is 10.6 Å². The number of pyridine rings is 1. The third kappa shape index (κ3) is 3.70. The highest BCUT2D eigenvalue weighted by atomic mass is 32.1. The van der Waals surface area contributed by atoms with Gasteiger partial charge in [-0.1, -0.05) is 6.92 Å². The van der Waals surface area contributed by atoms with E-state index in [1.54, 1.807) is 11.3 Å². The maximum atomic E-state index is 4.42. The van der Waals surface area contributed by atoms with Crippen molar-refractivity contribution in [3.63, 3.8) is 0 Å². The van der Waals surface area contributed by atoms with Crippen molar-refractivity contribution in [2.75, 3.05) is 17.2 Å². The first kappa shape index (κ1) is 12.8. The summed E-state index contributed by atoms with van der Waals surface area (Å²) in [5.74, 6) is 0. The normalized spacial score (nSPS) is 10.3. The Hall–Kier alpha value is -1.62. The van der Waals surface area contributed by atoms with E-state index in [-0.39, 0.29) is 0 Å². The van der Waals surface area contributed by atoms with Gasteiger partial charge in [0, 0.05) is 11.9 Å². The zero-order chi connectivity index (χ0) is 12.8. The lowest BCUT2D eigenvalue weighted by molar-refractivity contribution is 0.977. The first-order valence-electron chi connectivity index (χ1n) is 6.11. The monoisotopic (exact) mass is 262 g/mol. The molecule has 0 spiro atoms. The highest BCUT2D eigenvalue weighted by Gasteiger charge is 1.99. The van der Waals surface area contributed by atoms with Crippen molar-refractivity contribution >= 4 is 22.7 Å². The van der Waals surface area contributed by atoms with Gasteiger partial charge in [0.1, 0.15) is 0 Å². The number of thiazole rings is 1. The molecule has 2 aromatic rings. The summed E-state index contributed by atoms with van der Waals surface area (Å²) in [6, 6.07) is 2.07. The Labute approximate surface area is 111 Å². The van der Waals surface area contributed by atoms with Crippen LogP contribution in [0.1, 0.15) is 24.0 Å². The summed E-state index contributed by atoms with van der Waals surface area (Å²) in [7, 11) is 0. The molecule has 18 heavy (non-hydrogen) atoms. The van der Waals surface area contributed by atoms with Crippen LogP contribution in [0.4, 0.5) is 11.4 Å². The first-order chi connectivity index (χ1) is 8.78. The van der Waals surface area contributed by atoms with Gasteiger partial charge in [-0.25, -0.2) is 4.98 Å². The van der Waals surface area contributed by atoms with Crippen molar-refractivity contribution in [1.82, 2.24) is 9.97 Å². The van der Waals surface area contributed by atoms with E-state index in [0.29, 0.717) is 0 Å². The van der Waals surface area contributed by atoms with Crippen molar-refractivity contribution in [2.24, 2.45) is 0 Å². The average Bonchev–Trinajstić information content (AvgIpc) is 2.80. The Bertz CT molecular complexity index is 495. The van der Waals surface area contributed by atoms with Crippen LogP contribution in [-0.2, 0) is 6.54 Å². The summed E-state index contributed by atoms with van der Waals surface area (Å²) in [4.78, 5) is 8.63. The predicted octanol–water partition coefficient (Wildman–Crippen LogP) is 3.28. The molecule has 0 aliphatic rings. The van der Waals surface area contributed by atoms with Gasteiger partial charge in [-0.15, -0.1) is 11.3 Å². The highest BCUT2D eigenvalue weighted by Crippen LogP contribution is 2.15. The van der Waals surface area contributed by atoms with E-state index in [0.717, 1.165) is 41.6 Å². The minimum Gasteiger partial charge on any atom is -0.384 e. The molecule has 0 saturated heterocycles. The molecule has 0 aromatic carbocycles. The van der Waals surface area contributed by atoms with Gasteiger partial charge in [-0.05, 0) is 19.4 Å². The van der Waals surface area contributed by atoms with E-state index in [9.17, 15) is 0 Å². The largest absolute Gasteiger partial charge is 0.384 e. The Morgan fingerprint density at radius 3 is 2.67 bits per heavy atom. The van der Waals surface area contributed by atoms with E-state index >= 15 is 0 Å². The molecule has 2 aromatic heterocycles. The van der Waals surface area contributed by atoms with Crippen LogP contribution in [-0.4, -0.2) is 16.5 Å². The predicted molar refractivity (Wildman–Crippen MR) is 77.2 cm³/mol. The van der Waals surface area contributed by atoms with Crippen LogP contribution in [0.2, 0.25) is 0 Å². The van der Waals surface area contributed by atoms with Gasteiger partial charge in [-0.2, -0.15) is 0 Å². The molecule has 0 amide bonds. The molecular formula is C13H18N4S. The fraction of sp³-hybridized carbons (Fsp3) is 0.385. The molecule has 0 aliphatic heterocycles. The third-order valence-electron chi connectivity index (χ3n) is 2.46. The zero-order valence-corrected chi connectivity index (χ0v) is 11.5. The Kier molecular flexibility index (Phi) is 4.52. The molecule has 0 aliphatic carbocycles. The van der Waals surface area contributed by atoms with Crippen molar-refractivity contribution in [1.29, 1.82) is 0 Å². The SMILES string of the molecule is CCCNc1cncc(NCc2csc(C)n2)c1. The average molecular weight is 262 g/mol. The van der Waals surface area contributed by atoms with Gasteiger partial charge in [0.25, 0.3) is 0 Å². The highest BCUT2D eigenvalue weighted by molar-refractivity contribution is 7.09. The summed E-state index contributed by atoms with van der Waals surface area (Å²) in [6.07, 6.45) is 4.78. The number of hydrogen-bond donors (Lipinski definition) is 2. The fourth-order valence-electron chi connectivity index (χ4n) is 1.58. The number of aryl methyl sites for hydroxylation is 1. The number of aromatic nitrogens is 2. The van der Waals surface area contributed by atoms with Crippen LogP contribution >= 0.6 is 11.3 Å². The second-order valence-electron chi connectivity index (χ2n) is 4.10. The van der Waals surface area contributed by atoms with Crippen LogP contribution in [0.25, 0.3) is 0 Å². The minimum absolute atomic E-state index is 0.739. The van der Waals surface area contributed by atoms with Crippen molar-refractivity contribution < 1.29 is 0 Å². The number of rotatable bonds is 6. The summed E-state index contributed by atoms with van der Waals surface area (Å²) in [5.41, 5.74) is 3.14. The molecule has 2 heterocycles. The van der Waals surface area contributed by atoms with Crippen LogP contribution in [0.15, 0.2) is 23.8 Å². The standard InChI is InChI=1S/C13H18N4S/c1-3-4-15-11-5-12(7-14-6-11)16-8-13-9-18-10(2)17-13/h5-7,9,15-16H,3-4,8H2,1-2H3. The molecule has 0 fully saturated rings. The molecule has 2 N–H and O–H groups in total.